The summed E-state index contributed by atoms with van der Waals surface area (Å²) >= 11 is 0. The molecule has 0 amide bonds. The van der Waals surface area contributed by atoms with Gasteiger partial charge in [0.25, 0.3) is 0 Å². The van der Waals surface area contributed by atoms with Crippen LogP contribution in [0.1, 0.15) is 51.4 Å². The molecule has 2 aliphatic heterocycles. The molecule has 2 N–H and O–H groups in total. The van der Waals surface area contributed by atoms with Gasteiger partial charge in [-0.15, -0.1) is 0 Å². The zero-order chi connectivity index (χ0) is 12.4. The minimum Gasteiger partial charge on any atom is -0.381 e. The first-order chi connectivity index (χ1) is 8.86. The second-order valence-corrected chi connectivity index (χ2v) is 6.49. The highest BCUT2D eigenvalue weighted by atomic mass is 16.5. The van der Waals surface area contributed by atoms with Crippen LogP contribution in [-0.4, -0.2) is 42.8 Å². The molecule has 0 aromatic heterocycles. The van der Waals surface area contributed by atoms with Crippen LogP contribution in [-0.2, 0) is 4.74 Å². The topological polar surface area (TPSA) is 38.5 Å². The predicted molar refractivity (Wildman–Crippen MR) is 73.5 cm³/mol. The summed E-state index contributed by atoms with van der Waals surface area (Å²) in [6.45, 7) is 3.95. The van der Waals surface area contributed by atoms with Crippen molar-refractivity contribution >= 4 is 0 Å². The van der Waals surface area contributed by atoms with Crippen molar-refractivity contribution in [1.29, 1.82) is 0 Å². The monoisotopic (exact) mass is 252 g/mol. The van der Waals surface area contributed by atoms with Crippen LogP contribution in [0.3, 0.4) is 0 Å². The number of fused-ring (bicyclic) bond motifs is 1. The van der Waals surface area contributed by atoms with Gasteiger partial charge in [-0.2, -0.15) is 0 Å². The zero-order valence-electron chi connectivity index (χ0n) is 11.6. The number of hydrogen-bond donors (Lipinski definition) is 1. The number of ether oxygens (including phenoxy) is 1. The van der Waals surface area contributed by atoms with Crippen molar-refractivity contribution in [1.82, 2.24) is 4.90 Å². The van der Waals surface area contributed by atoms with E-state index in [2.05, 4.69) is 4.90 Å². The van der Waals surface area contributed by atoms with Gasteiger partial charge in [0, 0.05) is 31.3 Å². The Hall–Kier alpha value is -0.120. The van der Waals surface area contributed by atoms with Gasteiger partial charge >= 0.3 is 0 Å². The van der Waals surface area contributed by atoms with Crippen LogP contribution >= 0.6 is 0 Å². The van der Waals surface area contributed by atoms with E-state index in [0.717, 1.165) is 38.1 Å². The van der Waals surface area contributed by atoms with Crippen molar-refractivity contribution in [3.63, 3.8) is 0 Å². The molecule has 0 spiro atoms. The van der Waals surface area contributed by atoms with Gasteiger partial charge in [0.15, 0.2) is 0 Å². The molecule has 2 saturated heterocycles. The van der Waals surface area contributed by atoms with E-state index < -0.39 is 0 Å². The highest BCUT2D eigenvalue weighted by Gasteiger charge is 2.46. The Balaban J connectivity index is 1.77. The van der Waals surface area contributed by atoms with Crippen LogP contribution in [0, 0.1) is 5.92 Å². The molecule has 0 aromatic rings. The average Bonchev–Trinajstić information content (AvgIpc) is 2.70. The van der Waals surface area contributed by atoms with E-state index >= 15 is 0 Å². The van der Waals surface area contributed by atoms with Crippen molar-refractivity contribution in [3.05, 3.63) is 0 Å². The molecule has 3 rings (SSSR count). The third-order valence-electron chi connectivity index (χ3n) is 5.64. The summed E-state index contributed by atoms with van der Waals surface area (Å²) in [5, 5.41) is 0. The Morgan fingerprint density at radius 3 is 2.83 bits per heavy atom. The number of nitrogens with two attached hydrogens (primary N) is 1. The van der Waals surface area contributed by atoms with Gasteiger partial charge in [0.1, 0.15) is 0 Å². The summed E-state index contributed by atoms with van der Waals surface area (Å²) in [5.41, 5.74) is 6.47. The molecule has 3 nitrogen and oxygen atoms in total. The minimum absolute atomic E-state index is 0.257. The summed E-state index contributed by atoms with van der Waals surface area (Å²) in [6.07, 6.45) is 10.7. The molecule has 0 aromatic carbocycles. The van der Waals surface area contributed by atoms with Gasteiger partial charge in [-0.05, 0) is 51.0 Å². The fraction of sp³-hybridized carbons (Fsp3) is 1.00. The van der Waals surface area contributed by atoms with E-state index in [-0.39, 0.29) is 5.54 Å². The predicted octanol–water partition coefficient (Wildman–Crippen LogP) is 2.15. The first kappa shape index (κ1) is 12.9. The van der Waals surface area contributed by atoms with Crippen LogP contribution in [0.25, 0.3) is 0 Å². The fourth-order valence-corrected chi connectivity index (χ4v) is 4.60. The van der Waals surface area contributed by atoms with Gasteiger partial charge in [0.2, 0.25) is 0 Å². The lowest BCUT2D eigenvalue weighted by Gasteiger charge is -2.46. The maximum atomic E-state index is 6.21. The largest absolute Gasteiger partial charge is 0.381 e. The van der Waals surface area contributed by atoms with Gasteiger partial charge < -0.3 is 10.5 Å². The molecule has 3 unspecified atom stereocenters. The van der Waals surface area contributed by atoms with E-state index in [1.165, 1.54) is 51.5 Å². The van der Waals surface area contributed by atoms with Crippen molar-refractivity contribution in [2.75, 3.05) is 26.3 Å². The first-order valence-electron chi connectivity index (χ1n) is 7.90. The molecule has 0 bridgehead atoms. The number of nitrogens with zero attached hydrogens (tertiary/aromatic N) is 1. The molecule has 3 fully saturated rings. The molecule has 3 heteroatoms. The maximum Gasteiger partial charge on any atom is 0.0484 e. The molecule has 3 atom stereocenters. The molecular weight excluding hydrogens is 224 g/mol. The smallest absolute Gasteiger partial charge is 0.0484 e. The standard InChI is InChI=1S/C15H28N2O/c16-12-15(7-3-10-18-11-8-15)17-9-6-13-4-1-2-5-14(13)17/h13-14H,1-12,16H2. The summed E-state index contributed by atoms with van der Waals surface area (Å²) in [7, 11) is 0. The highest BCUT2D eigenvalue weighted by molar-refractivity contribution is 5.01. The molecule has 2 heterocycles. The molecule has 104 valence electrons. The normalized spacial score (nSPS) is 42.5. The fourth-order valence-electron chi connectivity index (χ4n) is 4.60. The summed E-state index contributed by atoms with van der Waals surface area (Å²) in [4.78, 5) is 2.81. The minimum atomic E-state index is 0.257. The van der Waals surface area contributed by atoms with Gasteiger partial charge in [-0.3, -0.25) is 4.90 Å². The van der Waals surface area contributed by atoms with Gasteiger partial charge in [-0.25, -0.2) is 0 Å². The average molecular weight is 252 g/mol. The lowest BCUT2D eigenvalue weighted by atomic mass is 9.82. The van der Waals surface area contributed by atoms with Crippen molar-refractivity contribution in [2.24, 2.45) is 11.7 Å². The summed E-state index contributed by atoms with van der Waals surface area (Å²) in [5.74, 6) is 0.964. The third-order valence-corrected chi connectivity index (χ3v) is 5.64. The van der Waals surface area contributed by atoms with E-state index in [4.69, 9.17) is 10.5 Å². The molecular formula is C15H28N2O. The van der Waals surface area contributed by atoms with Gasteiger partial charge in [0.05, 0.1) is 0 Å². The van der Waals surface area contributed by atoms with E-state index in [1.807, 2.05) is 0 Å². The lowest BCUT2D eigenvalue weighted by Crippen LogP contribution is -2.57. The molecule has 3 aliphatic rings. The Morgan fingerprint density at radius 1 is 1.06 bits per heavy atom. The Labute approximate surface area is 111 Å². The van der Waals surface area contributed by atoms with Crippen LogP contribution < -0.4 is 5.73 Å². The summed E-state index contributed by atoms with van der Waals surface area (Å²) < 4.78 is 5.66. The van der Waals surface area contributed by atoms with Crippen LogP contribution in [0.4, 0.5) is 0 Å². The first-order valence-corrected chi connectivity index (χ1v) is 7.90. The SMILES string of the molecule is NCC1(N2CCC3CCCCC32)CCCOCC1. The lowest BCUT2D eigenvalue weighted by molar-refractivity contribution is 0.0365. The van der Waals surface area contributed by atoms with Crippen molar-refractivity contribution < 1.29 is 4.74 Å². The van der Waals surface area contributed by atoms with Crippen LogP contribution in [0.5, 0.6) is 0 Å². The maximum absolute atomic E-state index is 6.21. The second-order valence-electron chi connectivity index (χ2n) is 6.49. The Kier molecular flexibility index (Phi) is 3.92. The number of likely N-dealkylation sites (tertiary alicyclic amines) is 1. The Bertz CT molecular complexity index is 274. The van der Waals surface area contributed by atoms with Crippen LogP contribution in [0.2, 0.25) is 0 Å². The molecule has 18 heavy (non-hydrogen) atoms. The second kappa shape index (κ2) is 5.48. The highest BCUT2D eigenvalue weighted by Crippen LogP contribution is 2.42. The molecule has 0 radical (unpaired) electrons. The number of rotatable bonds is 2. The van der Waals surface area contributed by atoms with E-state index in [9.17, 15) is 0 Å². The zero-order valence-corrected chi connectivity index (χ0v) is 11.6. The Morgan fingerprint density at radius 2 is 1.94 bits per heavy atom. The van der Waals surface area contributed by atoms with E-state index in [0.29, 0.717) is 0 Å². The van der Waals surface area contributed by atoms with Crippen molar-refractivity contribution in [3.8, 4) is 0 Å². The third kappa shape index (κ3) is 2.21. The van der Waals surface area contributed by atoms with Crippen molar-refractivity contribution in [2.45, 2.75) is 62.9 Å². The quantitative estimate of drug-likeness (QED) is 0.818. The van der Waals surface area contributed by atoms with Crippen LogP contribution in [0.15, 0.2) is 0 Å². The number of hydrogen-bond acceptors (Lipinski definition) is 3. The molecule has 1 saturated carbocycles. The van der Waals surface area contributed by atoms with Gasteiger partial charge in [-0.1, -0.05) is 12.8 Å². The van der Waals surface area contributed by atoms with E-state index in [1.54, 1.807) is 0 Å². The summed E-state index contributed by atoms with van der Waals surface area (Å²) in [6, 6.07) is 0.834. The molecule has 1 aliphatic carbocycles.